The molecule has 1 atom stereocenters. The van der Waals surface area contributed by atoms with E-state index in [9.17, 15) is 0 Å². The zero-order chi connectivity index (χ0) is 9.94. The van der Waals surface area contributed by atoms with Crippen molar-refractivity contribution in [2.75, 3.05) is 32.7 Å². The number of nitrogens with one attached hydrogen (secondary N) is 2. The first-order valence-corrected chi connectivity index (χ1v) is 4.91. The van der Waals surface area contributed by atoms with Gasteiger partial charge in [-0.05, 0) is 19.4 Å². The predicted octanol–water partition coefficient (Wildman–Crippen LogP) is -1.85. The summed E-state index contributed by atoms with van der Waals surface area (Å²) in [6.07, 6.45) is 1.99. The van der Waals surface area contributed by atoms with Crippen molar-refractivity contribution < 1.29 is 0 Å². The molecule has 8 N–H and O–H groups in total. The largest absolute Gasteiger partial charge is 0.330 e. The molecule has 0 rings (SSSR count). The van der Waals surface area contributed by atoms with E-state index in [4.69, 9.17) is 17.2 Å². The minimum atomic E-state index is 0.0724. The highest BCUT2D eigenvalue weighted by Crippen LogP contribution is 1.87. The van der Waals surface area contributed by atoms with Crippen LogP contribution in [0.3, 0.4) is 0 Å². The molecule has 0 aliphatic carbocycles. The van der Waals surface area contributed by atoms with Gasteiger partial charge in [-0.3, -0.25) is 0 Å². The zero-order valence-corrected chi connectivity index (χ0v) is 8.26. The maximum atomic E-state index is 5.76. The summed E-state index contributed by atoms with van der Waals surface area (Å²) in [4.78, 5) is 0. The van der Waals surface area contributed by atoms with Crippen molar-refractivity contribution in [3.63, 3.8) is 0 Å². The highest BCUT2D eigenvalue weighted by Gasteiger charge is 1.98. The summed E-state index contributed by atoms with van der Waals surface area (Å²) in [5, 5.41) is 6.37. The fourth-order valence-corrected chi connectivity index (χ4v) is 1.01. The lowest BCUT2D eigenvalue weighted by atomic mass is 10.2. The fraction of sp³-hybridized carbons (Fsp3) is 1.00. The van der Waals surface area contributed by atoms with E-state index in [2.05, 4.69) is 10.6 Å². The van der Waals surface area contributed by atoms with E-state index >= 15 is 0 Å². The van der Waals surface area contributed by atoms with Crippen molar-refractivity contribution in [1.82, 2.24) is 10.6 Å². The Balaban J connectivity index is 3.03. The number of hydrogen-bond acceptors (Lipinski definition) is 5. The van der Waals surface area contributed by atoms with Crippen molar-refractivity contribution in [3.05, 3.63) is 0 Å². The van der Waals surface area contributed by atoms with E-state index < -0.39 is 0 Å². The van der Waals surface area contributed by atoms with Crippen LogP contribution in [0.5, 0.6) is 0 Å². The smallest absolute Gasteiger partial charge is 0.0547 e. The molecule has 0 saturated carbocycles. The third-order valence-corrected chi connectivity index (χ3v) is 1.75. The molecule has 0 saturated heterocycles. The minimum Gasteiger partial charge on any atom is -0.330 e. The summed E-state index contributed by atoms with van der Waals surface area (Å²) in [5.41, 5.74) is 16.4. The van der Waals surface area contributed by atoms with E-state index in [0.717, 1.165) is 32.5 Å². The van der Waals surface area contributed by atoms with Gasteiger partial charge in [-0.15, -0.1) is 0 Å². The molecule has 1 unspecified atom stereocenters. The molecule has 0 radical (unpaired) electrons. The first kappa shape index (κ1) is 12.8. The topological polar surface area (TPSA) is 102 Å². The summed E-state index contributed by atoms with van der Waals surface area (Å²) < 4.78 is 0. The molecule has 0 amide bonds. The van der Waals surface area contributed by atoms with E-state index in [0.29, 0.717) is 13.1 Å². The quantitative estimate of drug-likeness (QED) is 0.216. The van der Waals surface area contributed by atoms with Gasteiger partial charge in [-0.2, -0.15) is 0 Å². The highest BCUT2D eigenvalue weighted by atomic mass is 15.0. The lowest BCUT2D eigenvalue weighted by Gasteiger charge is -2.13. The fourth-order valence-electron chi connectivity index (χ4n) is 1.01. The van der Waals surface area contributed by atoms with Crippen LogP contribution in [0, 0.1) is 0 Å². The summed E-state index contributed by atoms with van der Waals surface area (Å²) in [6.45, 7) is 4.04. The van der Waals surface area contributed by atoms with Crippen LogP contribution in [-0.2, 0) is 0 Å². The van der Waals surface area contributed by atoms with Crippen molar-refractivity contribution in [2.24, 2.45) is 17.2 Å². The molecule has 0 aromatic carbocycles. The maximum Gasteiger partial charge on any atom is 0.0547 e. The van der Waals surface area contributed by atoms with Crippen LogP contribution in [0.2, 0.25) is 0 Å². The summed E-state index contributed by atoms with van der Waals surface area (Å²) >= 11 is 0. The Labute approximate surface area is 80.4 Å². The summed E-state index contributed by atoms with van der Waals surface area (Å²) in [6, 6.07) is 0. The molecule has 0 spiro atoms. The van der Waals surface area contributed by atoms with Gasteiger partial charge < -0.3 is 27.8 Å². The zero-order valence-electron chi connectivity index (χ0n) is 8.26. The molecule has 0 aromatic rings. The van der Waals surface area contributed by atoms with E-state index in [1.807, 2.05) is 0 Å². The van der Waals surface area contributed by atoms with Crippen molar-refractivity contribution in [1.29, 1.82) is 0 Å². The predicted molar refractivity (Wildman–Crippen MR) is 56.2 cm³/mol. The second kappa shape index (κ2) is 9.88. The van der Waals surface area contributed by atoms with Crippen LogP contribution in [0.25, 0.3) is 0 Å². The van der Waals surface area contributed by atoms with Crippen molar-refractivity contribution >= 4 is 0 Å². The van der Waals surface area contributed by atoms with Gasteiger partial charge in [-0.25, -0.2) is 0 Å². The number of rotatable bonds is 9. The standard InChI is InChI=1S/C8H23N5/c9-3-1-2-8(11)13-7-6-12-5-4-10/h8,12-13H,1-7,9-11H2. The SMILES string of the molecule is NCCCC(N)NCCNCCN. The summed E-state index contributed by atoms with van der Waals surface area (Å²) in [5.74, 6) is 0. The molecule has 0 aromatic heterocycles. The molecule has 13 heavy (non-hydrogen) atoms. The Kier molecular flexibility index (Phi) is 9.73. The second-order valence-corrected chi connectivity index (χ2v) is 3.03. The lowest BCUT2D eigenvalue weighted by Crippen LogP contribution is -2.41. The van der Waals surface area contributed by atoms with Crippen LogP contribution in [0.15, 0.2) is 0 Å². The van der Waals surface area contributed by atoms with E-state index in [1.165, 1.54) is 0 Å². The average molecular weight is 189 g/mol. The molecule has 80 valence electrons. The third-order valence-electron chi connectivity index (χ3n) is 1.75. The van der Waals surface area contributed by atoms with Gasteiger partial charge in [0.05, 0.1) is 6.17 Å². The van der Waals surface area contributed by atoms with Gasteiger partial charge in [0, 0.05) is 26.2 Å². The first-order chi connectivity index (χ1) is 6.31. The Morgan fingerprint density at radius 1 is 1.00 bits per heavy atom. The molecule has 0 fully saturated rings. The minimum absolute atomic E-state index is 0.0724. The van der Waals surface area contributed by atoms with Crippen molar-refractivity contribution in [2.45, 2.75) is 19.0 Å². The molecule has 5 heteroatoms. The number of nitrogens with two attached hydrogens (primary N) is 3. The Morgan fingerprint density at radius 3 is 2.38 bits per heavy atom. The van der Waals surface area contributed by atoms with Gasteiger partial charge in [-0.1, -0.05) is 0 Å². The maximum absolute atomic E-state index is 5.76. The van der Waals surface area contributed by atoms with Crippen LogP contribution in [-0.4, -0.2) is 38.9 Å². The van der Waals surface area contributed by atoms with Crippen LogP contribution in [0.4, 0.5) is 0 Å². The van der Waals surface area contributed by atoms with Gasteiger partial charge in [0.15, 0.2) is 0 Å². The normalized spacial score (nSPS) is 13.2. The molecule has 0 heterocycles. The van der Waals surface area contributed by atoms with Crippen LogP contribution >= 0.6 is 0 Å². The first-order valence-electron chi connectivity index (χ1n) is 4.91. The van der Waals surface area contributed by atoms with Gasteiger partial charge in [0.25, 0.3) is 0 Å². The Hall–Kier alpha value is -0.200. The molecular weight excluding hydrogens is 166 g/mol. The van der Waals surface area contributed by atoms with Crippen LogP contribution < -0.4 is 27.8 Å². The van der Waals surface area contributed by atoms with Gasteiger partial charge in [0.2, 0.25) is 0 Å². The van der Waals surface area contributed by atoms with Crippen LogP contribution in [0.1, 0.15) is 12.8 Å². The molecule has 0 aliphatic heterocycles. The summed E-state index contributed by atoms with van der Waals surface area (Å²) in [7, 11) is 0. The highest BCUT2D eigenvalue weighted by molar-refractivity contribution is 4.60. The Morgan fingerprint density at radius 2 is 1.77 bits per heavy atom. The molecule has 0 bridgehead atoms. The van der Waals surface area contributed by atoms with Crippen molar-refractivity contribution in [3.8, 4) is 0 Å². The lowest BCUT2D eigenvalue weighted by molar-refractivity contribution is 0.476. The average Bonchev–Trinajstić information content (AvgIpc) is 2.14. The molecular formula is C8H23N5. The van der Waals surface area contributed by atoms with E-state index in [1.54, 1.807) is 0 Å². The van der Waals surface area contributed by atoms with E-state index in [-0.39, 0.29) is 6.17 Å². The molecule has 0 aliphatic rings. The van der Waals surface area contributed by atoms with Gasteiger partial charge in [0.1, 0.15) is 0 Å². The second-order valence-electron chi connectivity index (χ2n) is 3.03. The Bertz CT molecular complexity index is 98.5. The van der Waals surface area contributed by atoms with Gasteiger partial charge >= 0.3 is 0 Å². The molecule has 5 nitrogen and oxygen atoms in total. The number of hydrogen-bond donors (Lipinski definition) is 5. The monoisotopic (exact) mass is 189 g/mol. The third kappa shape index (κ3) is 9.72.